The Bertz CT molecular complexity index is 707. The van der Waals surface area contributed by atoms with Crippen LogP contribution in [0.25, 0.3) is 11.0 Å². The summed E-state index contributed by atoms with van der Waals surface area (Å²) in [4.78, 5) is 7.62. The molecule has 1 aromatic carbocycles. The van der Waals surface area contributed by atoms with E-state index in [9.17, 15) is 0 Å². The molecule has 2 heterocycles. The lowest BCUT2D eigenvalue weighted by Crippen LogP contribution is -2.01. The van der Waals surface area contributed by atoms with Crippen molar-refractivity contribution in [3.8, 4) is 0 Å². The van der Waals surface area contributed by atoms with Gasteiger partial charge in [-0.15, -0.1) is 0 Å². The highest BCUT2D eigenvalue weighted by Gasteiger charge is 2.08. The molecule has 0 fully saturated rings. The maximum absolute atomic E-state index is 5.15. The van der Waals surface area contributed by atoms with Crippen molar-refractivity contribution in [2.75, 3.05) is 5.32 Å². The molecule has 0 unspecified atom stereocenters. The van der Waals surface area contributed by atoms with E-state index in [2.05, 4.69) is 26.5 Å². The van der Waals surface area contributed by atoms with Gasteiger partial charge in [0.25, 0.3) is 0 Å². The van der Waals surface area contributed by atoms with Gasteiger partial charge in [-0.25, -0.2) is 4.98 Å². The smallest absolute Gasteiger partial charge is 0.138 e. The first-order valence-electron chi connectivity index (χ1n) is 6.25. The molecule has 0 aliphatic carbocycles. The van der Waals surface area contributed by atoms with Gasteiger partial charge in [0.1, 0.15) is 11.6 Å². The number of nitrogens with one attached hydrogen (secondary N) is 2. The predicted molar refractivity (Wildman–Crippen MR) is 74.1 cm³/mol. The number of hydrogen-bond acceptors (Lipinski definition) is 4. The van der Waals surface area contributed by atoms with Crippen LogP contribution in [0.15, 0.2) is 22.7 Å². The van der Waals surface area contributed by atoms with Crippen LogP contribution in [0.3, 0.4) is 0 Å². The molecular formula is C14H16N4O. The van der Waals surface area contributed by atoms with Crippen molar-refractivity contribution >= 4 is 16.7 Å². The molecule has 5 nitrogen and oxygen atoms in total. The van der Waals surface area contributed by atoms with Gasteiger partial charge in [0.15, 0.2) is 0 Å². The maximum Gasteiger partial charge on any atom is 0.138 e. The zero-order chi connectivity index (χ0) is 13.4. The minimum Gasteiger partial charge on any atom is -0.381 e. The van der Waals surface area contributed by atoms with E-state index in [0.29, 0.717) is 6.54 Å². The number of benzene rings is 1. The molecule has 2 N–H and O–H groups in total. The Morgan fingerprint density at radius 1 is 1.26 bits per heavy atom. The van der Waals surface area contributed by atoms with Crippen LogP contribution in [0.5, 0.6) is 0 Å². The standard InChI is InChI=1S/C14H16N4O/c1-8-12(9(2)19-18-8)7-15-11-4-5-13-14(6-11)17-10(3)16-13/h4-6,15H,7H2,1-3H3,(H,16,17). The number of fused-ring (bicyclic) bond motifs is 1. The van der Waals surface area contributed by atoms with Gasteiger partial charge in [0.2, 0.25) is 0 Å². The molecule has 2 aromatic heterocycles. The van der Waals surface area contributed by atoms with Crippen molar-refractivity contribution in [2.45, 2.75) is 27.3 Å². The number of rotatable bonds is 3. The number of hydrogen-bond donors (Lipinski definition) is 2. The molecule has 0 saturated carbocycles. The lowest BCUT2D eigenvalue weighted by atomic mass is 10.2. The summed E-state index contributed by atoms with van der Waals surface area (Å²) in [5, 5.41) is 7.33. The predicted octanol–water partition coefficient (Wildman–Crippen LogP) is 3.09. The van der Waals surface area contributed by atoms with Gasteiger partial charge in [0.05, 0.1) is 16.7 Å². The molecule has 19 heavy (non-hydrogen) atoms. The number of imidazole rings is 1. The molecule has 0 saturated heterocycles. The molecule has 0 aliphatic heterocycles. The third-order valence-corrected chi connectivity index (χ3v) is 3.25. The molecule has 0 aliphatic rings. The summed E-state index contributed by atoms with van der Waals surface area (Å²) in [5.41, 5.74) is 5.13. The van der Waals surface area contributed by atoms with Gasteiger partial charge < -0.3 is 14.8 Å². The molecule has 3 rings (SSSR count). The lowest BCUT2D eigenvalue weighted by Gasteiger charge is -2.05. The minimum absolute atomic E-state index is 0.708. The first-order valence-corrected chi connectivity index (χ1v) is 6.25. The number of aryl methyl sites for hydroxylation is 3. The molecule has 0 atom stereocenters. The Balaban J connectivity index is 1.81. The summed E-state index contributed by atoms with van der Waals surface area (Å²) in [6.07, 6.45) is 0. The zero-order valence-corrected chi connectivity index (χ0v) is 11.2. The van der Waals surface area contributed by atoms with Crippen molar-refractivity contribution in [3.63, 3.8) is 0 Å². The SMILES string of the molecule is Cc1nc2ccc(NCc3c(C)noc3C)cc2[nH]1. The largest absolute Gasteiger partial charge is 0.381 e. The second-order valence-electron chi connectivity index (χ2n) is 4.71. The van der Waals surface area contributed by atoms with E-state index in [1.807, 2.05) is 32.9 Å². The fourth-order valence-electron chi connectivity index (χ4n) is 2.19. The first-order chi connectivity index (χ1) is 9.13. The van der Waals surface area contributed by atoms with Crippen LogP contribution < -0.4 is 5.32 Å². The average Bonchev–Trinajstić information content (AvgIpc) is 2.89. The molecule has 0 spiro atoms. The van der Waals surface area contributed by atoms with Crippen LogP contribution in [0.1, 0.15) is 22.8 Å². The quantitative estimate of drug-likeness (QED) is 0.755. The fourth-order valence-corrected chi connectivity index (χ4v) is 2.19. The lowest BCUT2D eigenvalue weighted by molar-refractivity contribution is 0.392. The summed E-state index contributed by atoms with van der Waals surface area (Å²) in [6.45, 7) is 6.55. The van der Waals surface area contributed by atoms with Gasteiger partial charge in [-0.05, 0) is 39.0 Å². The van der Waals surface area contributed by atoms with Crippen LogP contribution in [-0.4, -0.2) is 15.1 Å². The molecule has 0 bridgehead atoms. The average molecular weight is 256 g/mol. The van der Waals surface area contributed by atoms with E-state index < -0.39 is 0 Å². The zero-order valence-electron chi connectivity index (χ0n) is 11.2. The normalized spacial score (nSPS) is 11.1. The third-order valence-electron chi connectivity index (χ3n) is 3.25. The van der Waals surface area contributed by atoms with Crippen molar-refractivity contribution in [1.82, 2.24) is 15.1 Å². The monoisotopic (exact) mass is 256 g/mol. The summed E-state index contributed by atoms with van der Waals surface area (Å²) >= 11 is 0. The molecule has 0 amide bonds. The van der Waals surface area contributed by atoms with Crippen LogP contribution in [0.2, 0.25) is 0 Å². The fraction of sp³-hybridized carbons (Fsp3) is 0.286. The highest BCUT2D eigenvalue weighted by Crippen LogP contribution is 2.19. The van der Waals surface area contributed by atoms with Gasteiger partial charge in [-0.3, -0.25) is 0 Å². The highest BCUT2D eigenvalue weighted by atomic mass is 16.5. The number of anilines is 1. The number of aromatic nitrogens is 3. The van der Waals surface area contributed by atoms with E-state index >= 15 is 0 Å². The molecule has 0 radical (unpaired) electrons. The van der Waals surface area contributed by atoms with Gasteiger partial charge >= 0.3 is 0 Å². The van der Waals surface area contributed by atoms with Gasteiger partial charge in [0, 0.05) is 17.8 Å². The molecule has 3 aromatic rings. The van der Waals surface area contributed by atoms with Crippen molar-refractivity contribution in [2.24, 2.45) is 0 Å². The second kappa shape index (κ2) is 4.42. The van der Waals surface area contributed by atoms with Crippen molar-refractivity contribution < 1.29 is 4.52 Å². The van der Waals surface area contributed by atoms with Gasteiger partial charge in [-0.2, -0.15) is 0 Å². The van der Waals surface area contributed by atoms with Crippen molar-refractivity contribution in [1.29, 1.82) is 0 Å². The van der Waals surface area contributed by atoms with Crippen LogP contribution in [0.4, 0.5) is 5.69 Å². The van der Waals surface area contributed by atoms with Crippen LogP contribution in [0, 0.1) is 20.8 Å². The Kier molecular flexibility index (Phi) is 2.74. The summed E-state index contributed by atoms with van der Waals surface area (Å²) in [5.74, 6) is 1.79. The maximum atomic E-state index is 5.15. The summed E-state index contributed by atoms with van der Waals surface area (Å²) < 4.78 is 5.15. The van der Waals surface area contributed by atoms with E-state index in [-0.39, 0.29) is 0 Å². The van der Waals surface area contributed by atoms with E-state index in [1.54, 1.807) is 0 Å². The molecular weight excluding hydrogens is 240 g/mol. The number of H-pyrrole nitrogens is 1. The van der Waals surface area contributed by atoms with E-state index in [1.165, 1.54) is 0 Å². The topological polar surface area (TPSA) is 66.7 Å². The Hall–Kier alpha value is -2.30. The van der Waals surface area contributed by atoms with Gasteiger partial charge in [-0.1, -0.05) is 5.16 Å². The Morgan fingerprint density at radius 2 is 2.11 bits per heavy atom. The molecule has 5 heteroatoms. The van der Waals surface area contributed by atoms with Crippen LogP contribution >= 0.6 is 0 Å². The Labute approximate surface area is 111 Å². The summed E-state index contributed by atoms with van der Waals surface area (Å²) in [6, 6.07) is 6.10. The number of aromatic amines is 1. The van der Waals surface area contributed by atoms with Crippen LogP contribution in [-0.2, 0) is 6.54 Å². The second-order valence-corrected chi connectivity index (χ2v) is 4.71. The van der Waals surface area contributed by atoms with E-state index in [0.717, 1.165) is 39.6 Å². The summed E-state index contributed by atoms with van der Waals surface area (Å²) in [7, 11) is 0. The van der Waals surface area contributed by atoms with Crippen molar-refractivity contribution in [3.05, 3.63) is 41.0 Å². The van der Waals surface area contributed by atoms with E-state index in [4.69, 9.17) is 4.52 Å². The number of nitrogens with zero attached hydrogens (tertiary/aromatic N) is 2. The Morgan fingerprint density at radius 3 is 2.84 bits per heavy atom. The first kappa shape index (κ1) is 11.8. The third kappa shape index (κ3) is 2.19. The molecule has 98 valence electrons. The minimum atomic E-state index is 0.708. The highest BCUT2D eigenvalue weighted by molar-refractivity contribution is 5.79.